The lowest BCUT2D eigenvalue weighted by molar-refractivity contribution is 0.0696. The zero-order valence-corrected chi connectivity index (χ0v) is 11.8. The Hall–Kier alpha value is -1.66. The molecule has 0 unspecified atom stereocenters. The molecule has 0 aliphatic carbocycles. The summed E-state index contributed by atoms with van der Waals surface area (Å²) in [4.78, 5) is 16.4. The number of amides is 1. The zero-order chi connectivity index (χ0) is 14.1. The highest BCUT2D eigenvalue weighted by atomic mass is 32.1. The monoisotopic (exact) mass is 282 g/mol. The van der Waals surface area contributed by atoms with E-state index in [2.05, 4.69) is 10.8 Å². The van der Waals surface area contributed by atoms with Crippen molar-refractivity contribution in [3.05, 3.63) is 35.9 Å². The van der Waals surface area contributed by atoms with Crippen LogP contribution in [0.1, 0.15) is 19.4 Å². The Balaban J connectivity index is 2.16. The maximum absolute atomic E-state index is 11.3. The molecular formula is C13H18N2O3S. The molecule has 19 heavy (non-hydrogen) atoms. The Morgan fingerprint density at radius 3 is 2.63 bits per heavy atom. The molecule has 2 N–H and O–H groups in total. The van der Waals surface area contributed by atoms with Crippen molar-refractivity contribution >= 4 is 23.4 Å². The molecule has 0 heterocycles. The summed E-state index contributed by atoms with van der Waals surface area (Å²) in [6.45, 7) is 4.60. The predicted molar refractivity (Wildman–Crippen MR) is 76.3 cm³/mol. The van der Waals surface area contributed by atoms with Gasteiger partial charge in [-0.2, -0.15) is 0 Å². The Morgan fingerprint density at radius 2 is 2.00 bits per heavy atom. The van der Waals surface area contributed by atoms with E-state index in [0.717, 1.165) is 5.56 Å². The Labute approximate surface area is 118 Å². The van der Waals surface area contributed by atoms with Crippen molar-refractivity contribution in [1.82, 2.24) is 10.8 Å². The lowest BCUT2D eigenvalue weighted by Gasteiger charge is -2.11. The van der Waals surface area contributed by atoms with E-state index in [9.17, 15) is 4.79 Å². The van der Waals surface area contributed by atoms with Crippen molar-refractivity contribution < 1.29 is 14.4 Å². The summed E-state index contributed by atoms with van der Waals surface area (Å²) in [5.74, 6) is 0.279. The van der Waals surface area contributed by atoms with Crippen molar-refractivity contribution in [1.29, 1.82) is 0 Å². The highest BCUT2D eigenvalue weighted by Gasteiger charge is 2.06. The predicted octanol–water partition coefficient (Wildman–Crippen LogP) is 2.37. The van der Waals surface area contributed by atoms with E-state index in [1.54, 1.807) is 0 Å². The number of carbonyl (C=O) groups is 1. The number of nitrogens with one attached hydrogen (secondary N) is 2. The number of hydroxylamine groups is 1. The van der Waals surface area contributed by atoms with E-state index >= 15 is 0 Å². The van der Waals surface area contributed by atoms with Crippen molar-refractivity contribution in [2.24, 2.45) is 5.92 Å². The smallest absolute Gasteiger partial charge is 0.413 e. The summed E-state index contributed by atoms with van der Waals surface area (Å²) in [7, 11) is 0. The number of alkyl carbamates (subject to hydrolysis) is 1. The summed E-state index contributed by atoms with van der Waals surface area (Å²) in [5, 5.41) is 2.43. The third-order valence-corrected chi connectivity index (χ3v) is 2.20. The van der Waals surface area contributed by atoms with Crippen molar-refractivity contribution in [3.63, 3.8) is 0 Å². The van der Waals surface area contributed by atoms with Gasteiger partial charge in [0.2, 0.25) is 0 Å². The first kappa shape index (κ1) is 15.4. The van der Waals surface area contributed by atoms with Gasteiger partial charge in [0, 0.05) is 0 Å². The number of benzene rings is 1. The molecule has 0 aromatic heterocycles. The Kier molecular flexibility index (Phi) is 6.84. The quantitative estimate of drug-likeness (QED) is 0.641. The van der Waals surface area contributed by atoms with Crippen LogP contribution in [0, 0.1) is 5.92 Å². The highest BCUT2D eigenvalue weighted by molar-refractivity contribution is 7.80. The van der Waals surface area contributed by atoms with Crippen LogP contribution in [0.4, 0.5) is 4.79 Å². The number of hydrogen-bond donors (Lipinski definition) is 2. The molecular weight excluding hydrogens is 264 g/mol. The van der Waals surface area contributed by atoms with Gasteiger partial charge in [0.1, 0.15) is 0 Å². The molecule has 0 saturated carbocycles. The van der Waals surface area contributed by atoms with E-state index < -0.39 is 6.09 Å². The van der Waals surface area contributed by atoms with Gasteiger partial charge in [-0.3, -0.25) is 10.2 Å². The average Bonchev–Trinajstić information content (AvgIpc) is 2.37. The summed E-state index contributed by atoms with van der Waals surface area (Å²) < 4.78 is 4.91. The standard InChI is InChI=1S/C13H18N2O3S/c1-10(2)8-17-13(16)14-12(19)15-18-9-11-6-4-3-5-7-11/h3-7,10H,8-9H2,1-2H3,(H2,14,15,16,19). The van der Waals surface area contributed by atoms with E-state index in [1.165, 1.54) is 0 Å². The first-order valence-corrected chi connectivity index (χ1v) is 6.38. The normalized spacial score (nSPS) is 10.1. The van der Waals surface area contributed by atoms with Gasteiger partial charge in [0.15, 0.2) is 5.11 Å². The molecule has 1 aromatic carbocycles. The highest BCUT2D eigenvalue weighted by Crippen LogP contribution is 1.98. The molecule has 0 spiro atoms. The minimum Gasteiger partial charge on any atom is -0.449 e. The molecule has 0 radical (unpaired) electrons. The van der Waals surface area contributed by atoms with Crippen LogP contribution in [0.5, 0.6) is 0 Å². The first-order valence-electron chi connectivity index (χ1n) is 5.97. The van der Waals surface area contributed by atoms with Gasteiger partial charge < -0.3 is 4.74 Å². The summed E-state index contributed by atoms with van der Waals surface area (Å²) >= 11 is 4.88. The Bertz CT molecular complexity index is 410. The maximum atomic E-state index is 11.3. The molecule has 0 fully saturated rings. The molecule has 6 heteroatoms. The molecule has 1 aromatic rings. The molecule has 0 atom stereocenters. The van der Waals surface area contributed by atoms with Crippen LogP contribution in [0.15, 0.2) is 30.3 Å². The average molecular weight is 282 g/mol. The number of carbonyl (C=O) groups excluding carboxylic acids is 1. The van der Waals surface area contributed by atoms with E-state index in [0.29, 0.717) is 13.2 Å². The van der Waals surface area contributed by atoms with Crippen LogP contribution in [0.25, 0.3) is 0 Å². The van der Waals surface area contributed by atoms with E-state index in [-0.39, 0.29) is 11.0 Å². The van der Waals surface area contributed by atoms with Crippen LogP contribution >= 0.6 is 12.2 Å². The molecule has 1 amide bonds. The van der Waals surface area contributed by atoms with Crippen LogP contribution in [-0.2, 0) is 16.2 Å². The molecule has 104 valence electrons. The van der Waals surface area contributed by atoms with Crippen molar-refractivity contribution in [2.45, 2.75) is 20.5 Å². The number of rotatable bonds is 5. The van der Waals surface area contributed by atoms with Crippen molar-refractivity contribution in [3.8, 4) is 0 Å². The number of ether oxygens (including phenoxy) is 1. The second-order valence-corrected chi connectivity index (χ2v) is 4.73. The second kappa shape index (κ2) is 8.44. The molecule has 0 aliphatic rings. The molecule has 5 nitrogen and oxygen atoms in total. The molecule has 1 rings (SSSR count). The van der Waals surface area contributed by atoms with Gasteiger partial charge in [-0.25, -0.2) is 10.3 Å². The van der Waals surface area contributed by atoms with Crippen molar-refractivity contribution in [2.75, 3.05) is 6.61 Å². The maximum Gasteiger partial charge on any atom is 0.413 e. The fraction of sp³-hybridized carbons (Fsp3) is 0.385. The van der Waals surface area contributed by atoms with Crippen LogP contribution in [0.2, 0.25) is 0 Å². The Morgan fingerprint density at radius 1 is 1.32 bits per heavy atom. The molecule has 0 saturated heterocycles. The SMILES string of the molecule is CC(C)COC(=O)NC(=S)NOCc1ccccc1. The number of hydrogen-bond acceptors (Lipinski definition) is 4. The minimum absolute atomic E-state index is 0.0738. The summed E-state index contributed by atoms with van der Waals surface area (Å²) in [6, 6.07) is 9.61. The third kappa shape index (κ3) is 7.38. The van der Waals surface area contributed by atoms with E-state index in [1.807, 2.05) is 44.2 Å². The van der Waals surface area contributed by atoms with Crippen LogP contribution in [0.3, 0.4) is 0 Å². The van der Waals surface area contributed by atoms with Gasteiger partial charge in [0.25, 0.3) is 0 Å². The molecule has 0 bridgehead atoms. The van der Waals surface area contributed by atoms with Gasteiger partial charge in [-0.1, -0.05) is 44.2 Å². The summed E-state index contributed by atoms with van der Waals surface area (Å²) in [5.41, 5.74) is 3.47. The van der Waals surface area contributed by atoms with Gasteiger partial charge in [0.05, 0.1) is 13.2 Å². The fourth-order valence-electron chi connectivity index (χ4n) is 1.16. The minimum atomic E-state index is -0.588. The largest absolute Gasteiger partial charge is 0.449 e. The van der Waals surface area contributed by atoms with Gasteiger partial charge in [-0.05, 0) is 23.7 Å². The van der Waals surface area contributed by atoms with Crippen LogP contribution in [-0.4, -0.2) is 17.8 Å². The second-order valence-electron chi connectivity index (χ2n) is 4.32. The molecule has 0 aliphatic heterocycles. The fourth-order valence-corrected chi connectivity index (χ4v) is 1.30. The lowest BCUT2D eigenvalue weighted by Crippen LogP contribution is -2.39. The lowest BCUT2D eigenvalue weighted by atomic mass is 10.2. The van der Waals surface area contributed by atoms with E-state index in [4.69, 9.17) is 21.8 Å². The topological polar surface area (TPSA) is 59.6 Å². The van der Waals surface area contributed by atoms with Crippen LogP contribution < -0.4 is 10.8 Å². The third-order valence-electron chi connectivity index (χ3n) is 2.01. The van der Waals surface area contributed by atoms with Gasteiger partial charge >= 0.3 is 6.09 Å². The zero-order valence-electron chi connectivity index (χ0n) is 11.0. The summed E-state index contributed by atoms with van der Waals surface area (Å²) in [6.07, 6.45) is -0.588. The first-order chi connectivity index (χ1) is 9.08. The van der Waals surface area contributed by atoms with Gasteiger partial charge in [-0.15, -0.1) is 0 Å². The number of thiocarbonyl (C=S) groups is 1.